The van der Waals surface area contributed by atoms with Crippen LogP contribution in [0.25, 0.3) is 0 Å². The van der Waals surface area contributed by atoms with Gasteiger partial charge in [0.15, 0.2) is 0 Å². The van der Waals surface area contributed by atoms with Crippen molar-refractivity contribution in [2.75, 3.05) is 11.9 Å². The molecule has 5 heteroatoms. The number of alkyl halides is 1. The third kappa shape index (κ3) is 3.88. The van der Waals surface area contributed by atoms with Crippen LogP contribution in [0.3, 0.4) is 0 Å². The summed E-state index contributed by atoms with van der Waals surface area (Å²) in [5, 5.41) is 4.32. The molecule has 1 aromatic heterocycles. The summed E-state index contributed by atoms with van der Waals surface area (Å²) in [4.78, 5) is 4.00. The molecule has 0 fully saturated rings. The molecule has 1 heterocycles. The molecular weight excluding hydrogens is 194 g/mol. The van der Waals surface area contributed by atoms with Crippen LogP contribution in [0.15, 0.2) is 6.33 Å². The monoisotopic (exact) mass is 205 g/mol. The molecule has 0 aliphatic heterocycles. The van der Waals surface area contributed by atoms with Crippen LogP contribution in [0.4, 0.5) is 5.13 Å². The van der Waals surface area contributed by atoms with Gasteiger partial charge in [0.2, 0.25) is 5.13 Å². The second kappa shape index (κ2) is 5.32. The zero-order valence-electron chi connectivity index (χ0n) is 6.96. The van der Waals surface area contributed by atoms with Gasteiger partial charge in [0.05, 0.1) is 0 Å². The van der Waals surface area contributed by atoms with E-state index in [4.69, 9.17) is 11.6 Å². The Kier molecular flexibility index (Phi) is 4.32. The minimum absolute atomic E-state index is 0.265. The Bertz CT molecular complexity index is 200. The van der Waals surface area contributed by atoms with Gasteiger partial charge in [-0.1, -0.05) is 0 Å². The van der Waals surface area contributed by atoms with E-state index in [1.165, 1.54) is 11.5 Å². The summed E-state index contributed by atoms with van der Waals surface area (Å²) in [6, 6.07) is 0. The van der Waals surface area contributed by atoms with Gasteiger partial charge in [-0.25, -0.2) is 4.98 Å². The van der Waals surface area contributed by atoms with Gasteiger partial charge < -0.3 is 5.32 Å². The quantitative estimate of drug-likeness (QED) is 0.593. The summed E-state index contributed by atoms with van der Waals surface area (Å²) < 4.78 is 3.88. The molecule has 68 valence electrons. The highest BCUT2D eigenvalue weighted by Gasteiger charge is 1.97. The van der Waals surface area contributed by atoms with Crippen molar-refractivity contribution in [2.24, 2.45) is 0 Å². The Morgan fingerprint density at radius 1 is 1.75 bits per heavy atom. The van der Waals surface area contributed by atoms with Gasteiger partial charge in [0.25, 0.3) is 0 Å². The van der Waals surface area contributed by atoms with Crippen LogP contribution in [0, 0.1) is 0 Å². The molecule has 0 aromatic carbocycles. The van der Waals surface area contributed by atoms with Gasteiger partial charge in [-0.05, 0) is 19.8 Å². The largest absolute Gasteiger partial charge is 0.360 e. The molecule has 1 atom stereocenters. The average Bonchev–Trinajstić information content (AvgIpc) is 2.49. The van der Waals surface area contributed by atoms with Gasteiger partial charge in [-0.3, -0.25) is 0 Å². The van der Waals surface area contributed by atoms with E-state index in [2.05, 4.69) is 14.7 Å². The molecule has 1 unspecified atom stereocenters. The summed E-state index contributed by atoms with van der Waals surface area (Å²) in [7, 11) is 0. The number of rotatable bonds is 5. The lowest BCUT2D eigenvalue weighted by atomic mass is 10.2. The van der Waals surface area contributed by atoms with E-state index >= 15 is 0 Å². The van der Waals surface area contributed by atoms with Crippen LogP contribution in [0.1, 0.15) is 19.8 Å². The zero-order valence-corrected chi connectivity index (χ0v) is 8.53. The number of nitrogens with zero attached hydrogens (tertiary/aromatic N) is 2. The molecule has 0 spiro atoms. The van der Waals surface area contributed by atoms with Crippen molar-refractivity contribution in [2.45, 2.75) is 25.1 Å². The Labute approximate surface area is 81.3 Å². The normalized spacial score (nSPS) is 12.8. The number of hydrogen-bond acceptors (Lipinski definition) is 4. The maximum atomic E-state index is 5.79. The lowest BCUT2D eigenvalue weighted by Gasteiger charge is -2.02. The number of halogens is 1. The van der Waals surface area contributed by atoms with E-state index in [0.29, 0.717) is 0 Å². The molecule has 1 aromatic rings. The van der Waals surface area contributed by atoms with Crippen molar-refractivity contribution in [3.8, 4) is 0 Å². The summed E-state index contributed by atoms with van der Waals surface area (Å²) >= 11 is 7.16. The average molecular weight is 206 g/mol. The first-order valence-corrected chi connectivity index (χ1v) is 5.14. The van der Waals surface area contributed by atoms with Crippen molar-refractivity contribution in [1.82, 2.24) is 9.36 Å². The Morgan fingerprint density at radius 3 is 3.17 bits per heavy atom. The van der Waals surface area contributed by atoms with Crippen LogP contribution in [-0.2, 0) is 0 Å². The minimum atomic E-state index is 0.265. The van der Waals surface area contributed by atoms with Crippen LogP contribution in [0.5, 0.6) is 0 Å². The van der Waals surface area contributed by atoms with E-state index in [1.807, 2.05) is 6.92 Å². The van der Waals surface area contributed by atoms with Crippen LogP contribution >= 0.6 is 23.1 Å². The third-order valence-corrected chi connectivity index (χ3v) is 2.26. The highest BCUT2D eigenvalue weighted by atomic mass is 35.5. The first-order valence-electron chi connectivity index (χ1n) is 3.93. The van der Waals surface area contributed by atoms with Gasteiger partial charge in [0, 0.05) is 23.5 Å². The first-order chi connectivity index (χ1) is 5.79. The van der Waals surface area contributed by atoms with E-state index in [0.717, 1.165) is 24.5 Å². The number of nitrogens with one attached hydrogen (secondary N) is 1. The topological polar surface area (TPSA) is 37.8 Å². The molecule has 12 heavy (non-hydrogen) atoms. The van der Waals surface area contributed by atoms with Crippen LogP contribution < -0.4 is 5.32 Å². The van der Waals surface area contributed by atoms with Crippen molar-refractivity contribution >= 4 is 28.3 Å². The smallest absolute Gasteiger partial charge is 0.202 e. The lowest BCUT2D eigenvalue weighted by Crippen LogP contribution is -2.03. The summed E-state index contributed by atoms with van der Waals surface area (Å²) in [5.74, 6) is 0. The van der Waals surface area contributed by atoms with Crippen molar-refractivity contribution < 1.29 is 0 Å². The number of hydrogen-bond donors (Lipinski definition) is 1. The summed E-state index contributed by atoms with van der Waals surface area (Å²) in [5.41, 5.74) is 0. The molecular formula is C7H12ClN3S. The predicted octanol–water partition coefficient (Wildman–Crippen LogP) is 2.36. The van der Waals surface area contributed by atoms with Gasteiger partial charge in [-0.2, -0.15) is 4.37 Å². The molecule has 0 bridgehead atoms. The first kappa shape index (κ1) is 9.74. The molecule has 0 aliphatic carbocycles. The Morgan fingerprint density at radius 2 is 2.58 bits per heavy atom. The van der Waals surface area contributed by atoms with E-state index in [1.54, 1.807) is 6.33 Å². The fourth-order valence-electron chi connectivity index (χ4n) is 0.830. The van der Waals surface area contributed by atoms with Gasteiger partial charge in [-0.15, -0.1) is 11.6 Å². The summed E-state index contributed by atoms with van der Waals surface area (Å²) in [6.07, 6.45) is 3.66. The van der Waals surface area contributed by atoms with Crippen molar-refractivity contribution in [3.05, 3.63) is 6.33 Å². The molecule has 3 nitrogen and oxygen atoms in total. The van der Waals surface area contributed by atoms with Gasteiger partial charge in [0.1, 0.15) is 6.33 Å². The second-order valence-electron chi connectivity index (χ2n) is 2.60. The fourth-order valence-corrected chi connectivity index (χ4v) is 1.44. The fraction of sp³-hybridized carbons (Fsp3) is 0.714. The molecule has 0 radical (unpaired) electrons. The summed E-state index contributed by atoms with van der Waals surface area (Å²) in [6.45, 7) is 2.93. The zero-order chi connectivity index (χ0) is 8.81. The standard InChI is InChI=1S/C7H12ClN3S/c1-6(8)3-2-4-9-7-10-5-11-12-7/h5-6H,2-4H2,1H3,(H,9,10,11). The van der Waals surface area contributed by atoms with Crippen molar-refractivity contribution in [1.29, 1.82) is 0 Å². The van der Waals surface area contributed by atoms with Gasteiger partial charge >= 0.3 is 0 Å². The maximum Gasteiger partial charge on any atom is 0.202 e. The van der Waals surface area contributed by atoms with Crippen LogP contribution in [-0.4, -0.2) is 21.3 Å². The highest BCUT2D eigenvalue weighted by molar-refractivity contribution is 7.09. The van der Waals surface area contributed by atoms with E-state index in [-0.39, 0.29) is 5.38 Å². The molecule has 1 N–H and O–H groups in total. The van der Waals surface area contributed by atoms with Crippen molar-refractivity contribution in [3.63, 3.8) is 0 Å². The molecule has 0 aliphatic rings. The Balaban J connectivity index is 2.04. The molecule has 1 rings (SSSR count). The van der Waals surface area contributed by atoms with E-state index in [9.17, 15) is 0 Å². The molecule has 0 amide bonds. The number of anilines is 1. The van der Waals surface area contributed by atoms with Crippen LogP contribution in [0.2, 0.25) is 0 Å². The molecule has 0 saturated carbocycles. The lowest BCUT2D eigenvalue weighted by molar-refractivity contribution is 0.750. The minimum Gasteiger partial charge on any atom is -0.360 e. The molecule has 0 saturated heterocycles. The SMILES string of the molecule is CC(Cl)CCCNc1ncns1. The predicted molar refractivity (Wildman–Crippen MR) is 52.9 cm³/mol. The van der Waals surface area contributed by atoms with E-state index < -0.39 is 0 Å². The Hall–Kier alpha value is -0.350. The second-order valence-corrected chi connectivity index (χ2v) is 4.12. The number of aromatic nitrogens is 2. The highest BCUT2D eigenvalue weighted by Crippen LogP contribution is 2.08. The maximum absolute atomic E-state index is 5.79. The third-order valence-electron chi connectivity index (χ3n) is 1.42.